The molecule has 1 aromatic rings. The molecule has 3 N–H and O–H groups in total. The first kappa shape index (κ1) is 16.6. The van der Waals surface area contributed by atoms with Crippen LogP contribution < -0.4 is 5.73 Å². The van der Waals surface area contributed by atoms with Crippen LogP contribution in [-0.2, 0) is 4.74 Å². The average molecular weight is 306 g/mol. The number of piperidine rings is 1. The summed E-state index contributed by atoms with van der Waals surface area (Å²) in [6.45, 7) is 6.85. The molecule has 5 heteroatoms. The number of aliphatic hydroxyl groups excluding tert-OH is 1. The highest BCUT2D eigenvalue weighted by Gasteiger charge is 2.34. The molecular formula is C17H26N2O3. The summed E-state index contributed by atoms with van der Waals surface area (Å²) in [5.74, 6) is 0.218. The third-order valence-electron chi connectivity index (χ3n) is 3.98. The van der Waals surface area contributed by atoms with Crippen molar-refractivity contribution in [2.24, 2.45) is 5.92 Å². The summed E-state index contributed by atoms with van der Waals surface area (Å²) >= 11 is 0. The van der Waals surface area contributed by atoms with Crippen LogP contribution in [0.1, 0.15) is 38.7 Å². The number of anilines is 1. The molecule has 1 aliphatic rings. The Morgan fingerprint density at radius 1 is 1.45 bits per heavy atom. The standard InChI is InChI=1S/C17H26N2O3/c1-17(2,3)22-16(21)19-8-7-13(11-20)15(10-19)12-5-4-6-14(18)9-12/h4-6,9,13,15,20H,7-8,10-11,18H2,1-3H3. The lowest BCUT2D eigenvalue weighted by molar-refractivity contribution is 0.0122. The van der Waals surface area contributed by atoms with Gasteiger partial charge in [0, 0.05) is 31.3 Å². The van der Waals surface area contributed by atoms with E-state index < -0.39 is 5.60 Å². The quantitative estimate of drug-likeness (QED) is 0.824. The Balaban J connectivity index is 2.15. The van der Waals surface area contributed by atoms with Crippen LogP contribution in [0.4, 0.5) is 10.5 Å². The van der Waals surface area contributed by atoms with Crippen LogP contribution in [0.5, 0.6) is 0 Å². The molecule has 2 atom stereocenters. The van der Waals surface area contributed by atoms with Crippen LogP contribution in [0.25, 0.3) is 0 Å². The molecule has 0 aromatic heterocycles. The van der Waals surface area contributed by atoms with E-state index in [0.717, 1.165) is 12.0 Å². The van der Waals surface area contributed by atoms with E-state index in [1.807, 2.05) is 45.0 Å². The number of carbonyl (C=O) groups is 1. The molecule has 1 aromatic carbocycles. The topological polar surface area (TPSA) is 75.8 Å². The first-order valence-electron chi connectivity index (χ1n) is 7.74. The second kappa shape index (κ2) is 6.57. The number of hydrogen-bond donors (Lipinski definition) is 2. The van der Waals surface area contributed by atoms with Crippen molar-refractivity contribution in [3.8, 4) is 0 Å². The molecule has 0 saturated carbocycles. The largest absolute Gasteiger partial charge is 0.444 e. The fraction of sp³-hybridized carbons (Fsp3) is 0.588. The van der Waals surface area contributed by atoms with Crippen molar-refractivity contribution in [2.45, 2.75) is 38.7 Å². The van der Waals surface area contributed by atoms with Gasteiger partial charge in [-0.2, -0.15) is 0 Å². The molecule has 0 bridgehead atoms. The molecule has 1 aliphatic heterocycles. The molecular weight excluding hydrogens is 280 g/mol. The second-order valence-electron chi connectivity index (χ2n) is 6.93. The Bertz CT molecular complexity index is 525. The maximum absolute atomic E-state index is 12.3. The molecule has 1 fully saturated rings. The van der Waals surface area contributed by atoms with Crippen LogP contribution in [-0.4, -0.2) is 41.4 Å². The molecule has 0 aliphatic carbocycles. The van der Waals surface area contributed by atoms with Gasteiger partial charge in [0.1, 0.15) is 5.60 Å². The van der Waals surface area contributed by atoms with Gasteiger partial charge in [-0.05, 0) is 50.8 Å². The van der Waals surface area contributed by atoms with Crippen molar-refractivity contribution < 1.29 is 14.6 Å². The van der Waals surface area contributed by atoms with Gasteiger partial charge in [-0.1, -0.05) is 12.1 Å². The molecule has 2 rings (SSSR count). The van der Waals surface area contributed by atoms with Crippen LogP contribution >= 0.6 is 0 Å². The van der Waals surface area contributed by atoms with Gasteiger partial charge in [-0.25, -0.2) is 4.79 Å². The van der Waals surface area contributed by atoms with E-state index in [2.05, 4.69) is 0 Å². The molecule has 0 spiro atoms. The Morgan fingerprint density at radius 2 is 2.18 bits per heavy atom. The van der Waals surface area contributed by atoms with Gasteiger partial charge in [0.05, 0.1) is 0 Å². The molecule has 1 amide bonds. The smallest absolute Gasteiger partial charge is 0.410 e. The summed E-state index contributed by atoms with van der Waals surface area (Å²) in [6.07, 6.45) is 0.465. The predicted molar refractivity (Wildman–Crippen MR) is 86.6 cm³/mol. The Hall–Kier alpha value is -1.75. The molecule has 122 valence electrons. The van der Waals surface area contributed by atoms with E-state index in [1.165, 1.54) is 0 Å². The van der Waals surface area contributed by atoms with Gasteiger partial charge < -0.3 is 20.5 Å². The molecule has 2 unspecified atom stereocenters. The first-order valence-corrected chi connectivity index (χ1v) is 7.74. The zero-order valence-electron chi connectivity index (χ0n) is 13.6. The van der Waals surface area contributed by atoms with Crippen molar-refractivity contribution in [1.29, 1.82) is 0 Å². The van der Waals surface area contributed by atoms with E-state index in [9.17, 15) is 9.90 Å². The minimum absolute atomic E-state index is 0.0785. The summed E-state index contributed by atoms with van der Waals surface area (Å²) in [6, 6.07) is 7.67. The van der Waals surface area contributed by atoms with Gasteiger partial charge in [0.2, 0.25) is 0 Å². The van der Waals surface area contributed by atoms with Crippen LogP contribution in [0.15, 0.2) is 24.3 Å². The highest BCUT2D eigenvalue weighted by atomic mass is 16.6. The number of hydrogen-bond acceptors (Lipinski definition) is 4. The number of nitrogens with zero attached hydrogens (tertiary/aromatic N) is 1. The van der Waals surface area contributed by atoms with Crippen LogP contribution in [0.3, 0.4) is 0 Å². The summed E-state index contributed by atoms with van der Waals surface area (Å²) in [7, 11) is 0. The van der Waals surface area contributed by atoms with Gasteiger partial charge in [0.25, 0.3) is 0 Å². The fourth-order valence-corrected chi connectivity index (χ4v) is 2.88. The fourth-order valence-electron chi connectivity index (χ4n) is 2.88. The zero-order valence-corrected chi connectivity index (χ0v) is 13.6. The lowest BCUT2D eigenvalue weighted by atomic mass is 9.81. The van der Waals surface area contributed by atoms with Crippen molar-refractivity contribution in [3.63, 3.8) is 0 Å². The maximum Gasteiger partial charge on any atom is 0.410 e. The monoisotopic (exact) mass is 306 g/mol. The number of rotatable bonds is 2. The van der Waals surface area contributed by atoms with E-state index in [0.29, 0.717) is 18.8 Å². The number of aliphatic hydroxyl groups is 1. The third kappa shape index (κ3) is 4.13. The highest BCUT2D eigenvalue weighted by Crippen LogP contribution is 2.33. The summed E-state index contributed by atoms with van der Waals surface area (Å²) in [4.78, 5) is 14.0. The average Bonchev–Trinajstić information content (AvgIpc) is 2.44. The van der Waals surface area contributed by atoms with E-state index >= 15 is 0 Å². The van der Waals surface area contributed by atoms with Crippen molar-refractivity contribution in [3.05, 3.63) is 29.8 Å². The Kier molecular flexibility index (Phi) is 4.96. The number of nitrogen functional groups attached to an aromatic ring is 1. The van der Waals surface area contributed by atoms with E-state index in [4.69, 9.17) is 10.5 Å². The number of carbonyl (C=O) groups excluding carboxylic acids is 1. The van der Waals surface area contributed by atoms with Crippen molar-refractivity contribution >= 4 is 11.8 Å². The minimum atomic E-state index is -0.502. The van der Waals surface area contributed by atoms with Crippen LogP contribution in [0, 0.1) is 5.92 Å². The summed E-state index contributed by atoms with van der Waals surface area (Å²) < 4.78 is 5.45. The Morgan fingerprint density at radius 3 is 2.77 bits per heavy atom. The first-order chi connectivity index (χ1) is 10.3. The van der Waals surface area contributed by atoms with Crippen molar-refractivity contribution in [2.75, 3.05) is 25.4 Å². The lowest BCUT2D eigenvalue weighted by Gasteiger charge is -2.38. The van der Waals surface area contributed by atoms with E-state index in [-0.39, 0.29) is 24.5 Å². The van der Waals surface area contributed by atoms with Crippen molar-refractivity contribution in [1.82, 2.24) is 4.90 Å². The molecule has 1 heterocycles. The molecule has 0 radical (unpaired) electrons. The normalized spacial score (nSPS) is 22.5. The molecule has 1 saturated heterocycles. The number of nitrogens with two attached hydrogens (primary N) is 1. The molecule has 22 heavy (non-hydrogen) atoms. The SMILES string of the molecule is CC(C)(C)OC(=O)N1CCC(CO)C(c2cccc(N)c2)C1. The van der Waals surface area contributed by atoms with Gasteiger partial charge >= 0.3 is 6.09 Å². The van der Waals surface area contributed by atoms with Gasteiger partial charge in [-0.3, -0.25) is 0 Å². The van der Waals surface area contributed by atoms with E-state index in [1.54, 1.807) is 4.90 Å². The van der Waals surface area contributed by atoms with Crippen LogP contribution in [0.2, 0.25) is 0 Å². The zero-order chi connectivity index (χ0) is 16.3. The number of benzene rings is 1. The minimum Gasteiger partial charge on any atom is -0.444 e. The highest BCUT2D eigenvalue weighted by molar-refractivity contribution is 5.68. The summed E-state index contributed by atoms with van der Waals surface area (Å²) in [5, 5.41) is 9.64. The third-order valence-corrected chi connectivity index (χ3v) is 3.98. The van der Waals surface area contributed by atoms with Gasteiger partial charge in [-0.15, -0.1) is 0 Å². The Labute approximate surface area is 132 Å². The number of ether oxygens (including phenoxy) is 1. The maximum atomic E-state index is 12.3. The second-order valence-corrected chi connectivity index (χ2v) is 6.93. The lowest BCUT2D eigenvalue weighted by Crippen LogP contribution is -2.45. The number of likely N-dealkylation sites (tertiary alicyclic amines) is 1. The summed E-state index contributed by atoms with van der Waals surface area (Å²) in [5.41, 5.74) is 7.12. The predicted octanol–water partition coefficient (Wildman–Crippen LogP) is 2.60. The van der Waals surface area contributed by atoms with Gasteiger partial charge in [0.15, 0.2) is 0 Å². The molecule has 5 nitrogen and oxygen atoms in total. The number of amides is 1.